The number of benzene rings is 2. The molecule has 1 saturated carbocycles. The zero-order valence-electron chi connectivity index (χ0n) is 18.9. The normalized spacial score (nSPS) is 28.9. The van der Waals surface area contributed by atoms with Crippen molar-refractivity contribution in [3.8, 4) is 5.75 Å². The van der Waals surface area contributed by atoms with Gasteiger partial charge in [-0.1, -0.05) is 59.3 Å². The number of nitrogens with one attached hydrogen (secondary N) is 1. The highest BCUT2D eigenvalue weighted by Crippen LogP contribution is 2.59. The Morgan fingerprint density at radius 1 is 1.20 bits per heavy atom. The lowest BCUT2D eigenvalue weighted by Crippen LogP contribution is -2.42. The maximum atomic E-state index is 12.9. The van der Waals surface area contributed by atoms with Gasteiger partial charge in [0, 0.05) is 21.4 Å². The third kappa shape index (κ3) is 4.77. The molecule has 1 N–H and O–H groups in total. The van der Waals surface area contributed by atoms with Gasteiger partial charge in [0.2, 0.25) is 5.91 Å². The van der Waals surface area contributed by atoms with E-state index in [0.717, 1.165) is 11.1 Å². The second kappa shape index (κ2) is 9.41. The molecule has 11 heteroatoms. The van der Waals surface area contributed by atoms with Gasteiger partial charge in [-0.2, -0.15) is 21.6 Å². The van der Waals surface area contributed by atoms with E-state index in [-0.39, 0.29) is 35.5 Å². The average Bonchev–Trinajstić information content (AvgIpc) is 3.01. The number of amides is 1. The van der Waals surface area contributed by atoms with Crippen LogP contribution in [0.4, 0.5) is 13.2 Å². The van der Waals surface area contributed by atoms with Gasteiger partial charge in [-0.05, 0) is 72.6 Å². The quantitative estimate of drug-likeness (QED) is 0.180. The summed E-state index contributed by atoms with van der Waals surface area (Å²) in [6.07, 6.45) is 1.34. The summed E-state index contributed by atoms with van der Waals surface area (Å²) >= 11 is 8.24. The molecule has 1 heterocycles. The first-order valence-corrected chi connectivity index (χ1v) is 14.4. The number of hydrogen-bond donors (Lipinski definition) is 1. The highest BCUT2D eigenvalue weighted by Gasteiger charge is 2.58. The average molecular weight is 642 g/mol. The Kier molecular flexibility index (Phi) is 7.13. The van der Waals surface area contributed by atoms with E-state index in [4.69, 9.17) is 11.6 Å². The molecule has 2 aromatic rings. The fraction of sp³-hybridized carbons (Fsp3) is 0.458. The van der Waals surface area contributed by atoms with Crippen molar-refractivity contribution in [1.29, 1.82) is 0 Å². The van der Waals surface area contributed by atoms with Gasteiger partial charge in [-0.3, -0.25) is 4.79 Å². The van der Waals surface area contributed by atoms with Crippen LogP contribution in [-0.2, 0) is 19.3 Å². The largest absolute Gasteiger partial charge is 0.534 e. The summed E-state index contributed by atoms with van der Waals surface area (Å²) < 4.78 is 66.2. The first-order chi connectivity index (χ1) is 16.3. The molecular formula is C24H24ClF3INO4S. The molecule has 2 aliphatic rings. The third-order valence-corrected chi connectivity index (χ3v) is 9.40. The SMILES string of the molecule is C[C@H]1NC(=O)[C@]2(C)CC[C@@H](c3ccc(OS(=O)(=O)C(F)(F)F)cc3CI)[C@H](c3ccc(Cl)cc3)[C@H]12. The fourth-order valence-electron chi connectivity index (χ4n) is 5.80. The first-order valence-electron chi connectivity index (χ1n) is 11.0. The smallest absolute Gasteiger partial charge is 0.376 e. The van der Waals surface area contributed by atoms with Gasteiger partial charge < -0.3 is 9.50 Å². The second-order valence-electron chi connectivity index (χ2n) is 9.41. The molecule has 35 heavy (non-hydrogen) atoms. The van der Waals surface area contributed by atoms with Gasteiger partial charge in [-0.15, -0.1) is 0 Å². The van der Waals surface area contributed by atoms with E-state index in [1.165, 1.54) is 12.1 Å². The Hall–Kier alpha value is -1.53. The summed E-state index contributed by atoms with van der Waals surface area (Å²) in [7, 11) is -5.77. The predicted molar refractivity (Wildman–Crippen MR) is 135 cm³/mol. The molecule has 5 nitrogen and oxygen atoms in total. The van der Waals surface area contributed by atoms with E-state index in [1.807, 2.05) is 38.1 Å². The summed E-state index contributed by atoms with van der Waals surface area (Å²) in [5, 5.41) is 3.70. The molecule has 5 atom stereocenters. The lowest BCUT2D eigenvalue weighted by Gasteiger charge is -2.46. The Bertz CT molecular complexity index is 1240. The first kappa shape index (κ1) is 26.5. The van der Waals surface area contributed by atoms with Crippen molar-refractivity contribution in [2.24, 2.45) is 11.3 Å². The van der Waals surface area contributed by atoms with Crippen molar-refractivity contribution in [3.05, 3.63) is 64.2 Å². The Balaban J connectivity index is 1.78. The summed E-state index contributed by atoms with van der Waals surface area (Å²) in [6, 6.07) is 11.7. The molecule has 0 unspecified atom stereocenters. The molecule has 1 aliphatic heterocycles. The van der Waals surface area contributed by atoms with E-state index in [9.17, 15) is 26.4 Å². The minimum atomic E-state index is -5.77. The van der Waals surface area contributed by atoms with Crippen LogP contribution < -0.4 is 9.50 Å². The van der Waals surface area contributed by atoms with Crippen LogP contribution >= 0.6 is 34.2 Å². The predicted octanol–water partition coefficient (Wildman–Crippen LogP) is 6.31. The van der Waals surface area contributed by atoms with Crippen LogP contribution in [0.5, 0.6) is 5.75 Å². The van der Waals surface area contributed by atoms with Crippen molar-refractivity contribution >= 4 is 50.2 Å². The zero-order chi connectivity index (χ0) is 25.8. The molecule has 190 valence electrons. The number of fused-ring (bicyclic) bond motifs is 1. The van der Waals surface area contributed by atoms with Crippen molar-refractivity contribution in [1.82, 2.24) is 5.32 Å². The summed E-state index contributed by atoms with van der Waals surface area (Å²) in [4.78, 5) is 12.9. The third-order valence-electron chi connectivity index (χ3n) is 7.35. The van der Waals surface area contributed by atoms with Crippen LogP contribution in [0, 0.1) is 11.3 Å². The molecule has 2 aromatic carbocycles. The molecule has 4 rings (SSSR count). The Morgan fingerprint density at radius 3 is 2.46 bits per heavy atom. The van der Waals surface area contributed by atoms with Crippen LogP contribution in [0.2, 0.25) is 5.02 Å². The highest BCUT2D eigenvalue weighted by molar-refractivity contribution is 14.1. The lowest BCUT2D eigenvalue weighted by molar-refractivity contribution is -0.129. The number of hydrogen-bond acceptors (Lipinski definition) is 4. The van der Waals surface area contributed by atoms with Gasteiger partial charge in [-0.25, -0.2) is 0 Å². The van der Waals surface area contributed by atoms with Gasteiger partial charge >= 0.3 is 15.6 Å². The topological polar surface area (TPSA) is 72.5 Å². The molecular weight excluding hydrogens is 618 g/mol. The van der Waals surface area contributed by atoms with Crippen molar-refractivity contribution in [2.75, 3.05) is 0 Å². The van der Waals surface area contributed by atoms with E-state index in [0.29, 0.717) is 27.9 Å². The van der Waals surface area contributed by atoms with Crippen molar-refractivity contribution < 1.29 is 30.6 Å². The Labute approximate surface area is 221 Å². The van der Waals surface area contributed by atoms with E-state index in [2.05, 4.69) is 32.1 Å². The van der Waals surface area contributed by atoms with E-state index in [1.54, 1.807) is 6.07 Å². The molecule has 0 bridgehead atoms. The number of halogens is 5. The van der Waals surface area contributed by atoms with Crippen LogP contribution in [0.3, 0.4) is 0 Å². The van der Waals surface area contributed by atoms with Gasteiger partial charge in [0.15, 0.2) is 0 Å². The molecule has 1 amide bonds. The fourth-order valence-corrected chi connectivity index (χ4v) is 7.03. The number of rotatable bonds is 5. The number of carbonyl (C=O) groups is 1. The molecule has 2 fully saturated rings. The Morgan fingerprint density at radius 2 is 1.86 bits per heavy atom. The second-order valence-corrected chi connectivity index (χ2v) is 12.1. The molecule has 0 aromatic heterocycles. The number of carbonyl (C=O) groups excluding carboxylic acids is 1. The zero-order valence-corrected chi connectivity index (χ0v) is 22.6. The molecule has 1 saturated heterocycles. The monoisotopic (exact) mass is 641 g/mol. The summed E-state index contributed by atoms with van der Waals surface area (Å²) in [5.41, 5.74) is -3.43. The van der Waals surface area contributed by atoms with Crippen molar-refractivity contribution in [3.63, 3.8) is 0 Å². The van der Waals surface area contributed by atoms with Gasteiger partial charge in [0.1, 0.15) is 5.75 Å². The summed E-state index contributed by atoms with van der Waals surface area (Å²) in [6.45, 7) is 3.99. The lowest BCUT2D eigenvalue weighted by atomic mass is 9.55. The highest BCUT2D eigenvalue weighted by atomic mass is 127. The maximum Gasteiger partial charge on any atom is 0.534 e. The van der Waals surface area contributed by atoms with Crippen LogP contribution in [0.25, 0.3) is 0 Å². The summed E-state index contributed by atoms with van der Waals surface area (Å²) in [5.74, 6) is -0.469. The standard InChI is InChI=1S/C24H24ClF3INO4S/c1-13-21-20(14-3-5-16(25)6-4-14)19(9-10-23(21,2)22(31)30-13)18-8-7-17(11-15(18)12-29)34-35(32,33)24(26,27)28/h3-8,11,13,19-21H,9-10,12H2,1-2H3,(H,30,31)/t13-,19+,20+,21+,23-/m1/s1. The minimum absolute atomic E-state index is 0.0153. The van der Waals surface area contributed by atoms with Crippen LogP contribution in [0.1, 0.15) is 55.2 Å². The van der Waals surface area contributed by atoms with Crippen molar-refractivity contribution in [2.45, 2.75) is 54.5 Å². The number of alkyl halides is 4. The van der Waals surface area contributed by atoms with Crippen LogP contribution in [-0.4, -0.2) is 25.9 Å². The molecule has 0 spiro atoms. The van der Waals surface area contributed by atoms with Gasteiger partial charge in [0.25, 0.3) is 0 Å². The van der Waals surface area contributed by atoms with Gasteiger partial charge in [0.05, 0.1) is 5.41 Å². The molecule has 0 radical (unpaired) electrons. The molecule has 1 aliphatic carbocycles. The maximum absolute atomic E-state index is 12.9. The van der Waals surface area contributed by atoms with Crippen LogP contribution in [0.15, 0.2) is 42.5 Å². The minimum Gasteiger partial charge on any atom is -0.376 e. The van der Waals surface area contributed by atoms with E-state index >= 15 is 0 Å². The van der Waals surface area contributed by atoms with E-state index < -0.39 is 21.0 Å².